The van der Waals surface area contributed by atoms with Gasteiger partial charge in [0.05, 0.1) is 6.54 Å². The summed E-state index contributed by atoms with van der Waals surface area (Å²) in [7, 11) is 0. The Bertz CT molecular complexity index is 212. The lowest BCUT2D eigenvalue weighted by Crippen LogP contribution is -2.44. The van der Waals surface area contributed by atoms with Crippen molar-refractivity contribution in [1.29, 1.82) is 0 Å². The van der Waals surface area contributed by atoms with Gasteiger partial charge in [-0.25, -0.2) is 0 Å². The molecule has 0 bridgehead atoms. The molecule has 0 amide bonds. The van der Waals surface area contributed by atoms with E-state index < -0.39 is 12.7 Å². The lowest BCUT2D eigenvalue weighted by atomic mass is 10.1. The first-order valence-electron chi connectivity index (χ1n) is 6.17. The normalized spacial score (nSPS) is 20.1. The zero-order valence-corrected chi connectivity index (χ0v) is 10.3. The van der Waals surface area contributed by atoms with E-state index in [0.717, 1.165) is 25.9 Å². The van der Waals surface area contributed by atoms with E-state index in [-0.39, 0.29) is 6.04 Å². The third-order valence-electron chi connectivity index (χ3n) is 3.21. The van der Waals surface area contributed by atoms with E-state index in [0.29, 0.717) is 19.6 Å². The average molecular weight is 253 g/mol. The Morgan fingerprint density at radius 1 is 1.29 bits per heavy atom. The molecule has 0 saturated carbocycles. The first-order valence-corrected chi connectivity index (χ1v) is 6.17. The van der Waals surface area contributed by atoms with Crippen LogP contribution in [0, 0.1) is 0 Å². The van der Waals surface area contributed by atoms with Crippen LogP contribution in [-0.2, 0) is 0 Å². The van der Waals surface area contributed by atoms with E-state index in [1.54, 1.807) is 6.92 Å². The summed E-state index contributed by atoms with van der Waals surface area (Å²) in [6, 6.07) is 0.267. The molecule has 2 N–H and O–H groups in total. The molecular formula is C11H22F3N3. The number of nitrogens with zero attached hydrogens (tertiary/aromatic N) is 2. The van der Waals surface area contributed by atoms with Gasteiger partial charge in [0.25, 0.3) is 0 Å². The molecule has 102 valence electrons. The number of piperidine rings is 1. The minimum Gasteiger partial charge on any atom is -0.328 e. The van der Waals surface area contributed by atoms with Gasteiger partial charge < -0.3 is 10.6 Å². The van der Waals surface area contributed by atoms with Crippen LogP contribution >= 0.6 is 0 Å². The average Bonchev–Trinajstić information content (AvgIpc) is 2.25. The zero-order chi connectivity index (χ0) is 12.9. The molecule has 1 saturated heterocycles. The molecule has 0 aromatic heterocycles. The van der Waals surface area contributed by atoms with Crippen LogP contribution in [0.15, 0.2) is 0 Å². The maximum absolute atomic E-state index is 12.2. The van der Waals surface area contributed by atoms with Crippen LogP contribution in [0.4, 0.5) is 13.2 Å². The number of rotatable bonds is 5. The van der Waals surface area contributed by atoms with Crippen LogP contribution < -0.4 is 5.73 Å². The standard InChI is InChI=1S/C11H22F3N3/c1-2-16(9-11(12,13)14)7-8-17-5-3-10(15)4-6-17/h10H,2-9,15H2,1H3. The van der Waals surface area contributed by atoms with E-state index in [2.05, 4.69) is 4.90 Å². The monoisotopic (exact) mass is 253 g/mol. The SMILES string of the molecule is CCN(CCN1CCC(N)CC1)CC(F)(F)F. The fraction of sp³-hybridized carbons (Fsp3) is 1.00. The van der Waals surface area contributed by atoms with Crippen LogP contribution in [0.3, 0.4) is 0 Å². The minimum atomic E-state index is -4.10. The molecule has 1 heterocycles. The minimum absolute atomic E-state index is 0.267. The summed E-state index contributed by atoms with van der Waals surface area (Å²) in [6.07, 6.45) is -2.20. The summed E-state index contributed by atoms with van der Waals surface area (Å²) in [6.45, 7) is 4.39. The second-order valence-electron chi connectivity index (χ2n) is 4.66. The van der Waals surface area contributed by atoms with E-state index in [4.69, 9.17) is 5.73 Å². The van der Waals surface area contributed by atoms with Crippen molar-refractivity contribution in [3.8, 4) is 0 Å². The van der Waals surface area contributed by atoms with Gasteiger partial charge in [-0.1, -0.05) is 6.92 Å². The van der Waals surface area contributed by atoms with E-state index >= 15 is 0 Å². The predicted molar refractivity (Wildman–Crippen MR) is 61.8 cm³/mol. The summed E-state index contributed by atoms with van der Waals surface area (Å²) in [4.78, 5) is 3.64. The van der Waals surface area contributed by atoms with Gasteiger partial charge >= 0.3 is 6.18 Å². The smallest absolute Gasteiger partial charge is 0.328 e. The largest absolute Gasteiger partial charge is 0.401 e. The fourth-order valence-electron chi connectivity index (χ4n) is 2.06. The van der Waals surface area contributed by atoms with Crippen LogP contribution in [0.2, 0.25) is 0 Å². The Hall–Kier alpha value is -0.330. The predicted octanol–water partition coefficient (Wildman–Crippen LogP) is 1.29. The van der Waals surface area contributed by atoms with Crippen LogP contribution in [0.25, 0.3) is 0 Å². The maximum atomic E-state index is 12.2. The number of nitrogens with two attached hydrogens (primary N) is 1. The molecule has 3 nitrogen and oxygen atoms in total. The number of hydrogen-bond acceptors (Lipinski definition) is 3. The van der Waals surface area contributed by atoms with Crippen LogP contribution in [0.5, 0.6) is 0 Å². The first kappa shape index (κ1) is 14.7. The topological polar surface area (TPSA) is 32.5 Å². The number of likely N-dealkylation sites (tertiary alicyclic amines) is 1. The number of likely N-dealkylation sites (N-methyl/N-ethyl adjacent to an activating group) is 1. The van der Waals surface area contributed by atoms with Crippen LogP contribution in [-0.4, -0.2) is 61.3 Å². The van der Waals surface area contributed by atoms with Crippen molar-refractivity contribution in [3.63, 3.8) is 0 Å². The van der Waals surface area contributed by atoms with Crippen molar-refractivity contribution in [2.45, 2.75) is 32.0 Å². The molecule has 0 spiro atoms. The van der Waals surface area contributed by atoms with Gasteiger partial charge in [0.1, 0.15) is 0 Å². The van der Waals surface area contributed by atoms with Gasteiger partial charge in [0.15, 0.2) is 0 Å². The van der Waals surface area contributed by atoms with Crippen molar-refractivity contribution in [2.75, 3.05) is 39.3 Å². The highest BCUT2D eigenvalue weighted by molar-refractivity contribution is 4.75. The summed E-state index contributed by atoms with van der Waals surface area (Å²) < 4.78 is 36.7. The highest BCUT2D eigenvalue weighted by Gasteiger charge is 2.30. The lowest BCUT2D eigenvalue weighted by molar-refractivity contribution is -0.145. The fourth-order valence-corrected chi connectivity index (χ4v) is 2.06. The van der Waals surface area contributed by atoms with Gasteiger partial charge in [-0.05, 0) is 32.5 Å². The highest BCUT2D eigenvalue weighted by atomic mass is 19.4. The van der Waals surface area contributed by atoms with Gasteiger partial charge in [0, 0.05) is 19.1 Å². The van der Waals surface area contributed by atoms with Gasteiger partial charge in [0.2, 0.25) is 0 Å². The van der Waals surface area contributed by atoms with Gasteiger partial charge in [-0.2, -0.15) is 13.2 Å². The van der Waals surface area contributed by atoms with E-state index in [1.165, 1.54) is 4.90 Å². The highest BCUT2D eigenvalue weighted by Crippen LogP contribution is 2.16. The second-order valence-corrected chi connectivity index (χ2v) is 4.66. The Labute approximate surface area is 101 Å². The number of halogens is 3. The van der Waals surface area contributed by atoms with Gasteiger partial charge in [-0.15, -0.1) is 0 Å². The molecule has 0 aliphatic carbocycles. The molecule has 0 atom stereocenters. The van der Waals surface area contributed by atoms with Crippen LogP contribution in [0.1, 0.15) is 19.8 Å². The molecule has 0 unspecified atom stereocenters. The molecular weight excluding hydrogens is 231 g/mol. The maximum Gasteiger partial charge on any atom is 0.401 e. The van der Waals surface area contributed by atoms with Crippen molar-refractivity contribution in [3.05, 3.63) is 0 Å². The first-order chi connectivity index (χ1) is 7.90. The molecule has 1 fully saturated rings. The molecule has 0 radical (unpaired) electrons. The summed E-state index contributed by atoms with van der Waals surface area (Å²) >= 11 is 0. The zero-order valence-electron chi connectivity index (χ0n) is 10.3. The molecule has 6 heteroatoms. The van der Waals surface area contributed by atoms with E-state index in [1.807, 2.05) is 0 Å². The summed E-state index contributed by atoms with van der Waals surface area (Å²) in [5.41, 5.74) is 5.78. The molecule has 1 aliphatic heterocycles. The summed E-state index contributed by atoms with van der Waals surface area (Å²) in [5.74, 6) is 0. The quantitative estimate of drug-likeness (QED) is 0.801. The summed E-state index contributed by atoms with van der Waals surface area (Å²) in [5, 5.41) is 0. The number of alkyl halides is 3. The molecule has 1 aliphatic rings. The molecule has 1 rings (SSSR count). The Kier molecular flexibility index (Phi) is 5.69. The van der Waals surface area contributed by atoms with E-state index in [9.17, 15) is 13.2 Å². The Balaban J connectivity index is 2.23. The van der Waals surface area contributed by atoms with Crippen molar-refractivity contribution in [1.82, 2.24) is 9.80 Å². The van der Waals surface area contributed by atoms with Crippen molar-refractivity contribution in [2.24, 2.45) is 5.73 Å². The third-order valence-corrected chi connectivity index (χ3v) is 3.21. The van der Waals surface area contributed by atoms with Crippen molar-refractivity contribution < 1.29 is 13.2 Å². The molecule has 17 heavy (non-hydrogen) atoms. The molecule has 0 aromatic rings. The Morgan fingerprint density at radius 3 is 2.35 bits per heavy atom. The molecule has 0 aromatic carbocycles. The van der Waals surface area contributed by atoms with Crippen molar-refractivity contribution >= 4 is 0 Å². The Morgan fingerprint density at radius 2 is 1.88 bits per heavy atom. The third kappa shape index (κ3) is 6.24. The number of hydrogen-bond donors (Lipinski definition) is 1. The second kappa shape index (κ2) is 6.56. The lowest BCUT2D eigenvalue weighted by Gasteiger charge is -2.32. The van der Waals surface area contributed by atoms with Gasteiger partial charge in [-0.3, -0.25) is 4.90 Å².